The van der Waals surface area contributed by atoms with E-state index in [9.17, 15) is 0 Å². The number of fused-ring (bicyclic) bond motifs is 1. The molecule has 2 rings (SSSR count). The average molecular weight is 191 g/mol. The summed E-state index contributed by atoms with van der Waals surface area (Å²) in [4.78, 5) is 4.15. The van der Waals surface area contributed by atoms with Crippen LogP contribution in [0.25, 0.3) is 0 Å². The molecule has 4 nitrogen and oxygen atoms in total. The third-order valence-corrected chi connectivity index (χ3v) is 2.63. The second kappa shape index (κ2) is 3.65. The van der Waals surface area contributed by atoms with Crippen molar-refractivity contribution in [2.45, 2.75) is 25.7 Å². The smallest absolute Gasteiger partial charge is 0.189 e. The standard InChI is InChI=1S/C10H13N3O/c11-10(13-14)9-8-4-2-1-3-7(8)5-6-12-9/h5-6,14H,1-4H2,(H2,11,13). The molecule has 3 N–H and O–H groups in total. The van der Waals surface area contributed by atoms with Crippen molar-refractivity contribution in [1.82, 2.24) is 4.98 Å². The molecule has 0 radical (unpaired) electrons. The molecule has 1 heterocycles. The van der Waals surface area contributed by atoms with Gasteiger partial charge < -0.3 is 10.9 Å². The van der Waals surface area contributed by atoms with Gasteiger partial charge in [0.05, 0.1) is 0 Å². The molecule has 14 heavy (non-hydrogen) atoms. The number of amidine groups is 1. The van der Waals surface area contributed by atoms with Gasteiger partial charge in [0.1, 0.15) is 5.69 Å². The number of aromatic nitrogens is 1. The molecule has 1 aromatic rings. The van der Waals surface area contributed by atoms with Crippen LogP contribution in [0.5, 0.6) is 0 Å². The molecule has 0 atom stereocenters. The first-order valence-electron chi connectivity index (χ1n) is 4.77. The number of rotatable bonds is 1. The largest absolute Gasteiger partial charge is 0.409 e. The maximum atomic E-state index is 8.61. The Morgan fingerprint density at radius 2 is 2.21 bits per heavy atom. The number of hydrogen-bond donors (Lipinski definition) is 2. The van der Waals surface area contributed by atoms with Crippen LogP contribution in [-0.2, 0) is 12.8 Å². The first-order valence-corrected chi connectivity index (χ1v) is 4.77. The normalized spacial score (nSPS) is 16.4. The van der Waals surface area contributed by atoms with Crippen LogP contribution in [0.15, 0.2) is 17.4 Å². The highest BCUT2D eigenvalue weighted by Crippen LogP contribution is 2.22. The molecule has 0 unspecified atom stereocenters. The zero-order chi connectivity index (χ0) is 9.97. The van der Waals surface area contributed by atoms with Crippen molar-refractivity contribution in [1.29, 1.82) is 0 Å². The Morgan fingerprint density at radius 3 is 3.00 bits per heavy atom. The second-order valence-corrected chi connectivity index (χ2v) is 3.49. The van der Waals surface area contributed by atoms with Gasteiger partial charge in [0.25, 0.3) is 0 Å². The van der Waals surface area contributed by atoms with Gasteiger partial charge in [-0.05, 0) is 42.9 Å². The molecule has 0 saturated carbocycles. The van der Waals surface area contributed by atoms with Gasteiger partial charge in [-0.25, -0.2) is 0 Å². The van der Waals surface area contributed by atoms with Gasteiger partial charge in [0, 0.05) is 6.20 Å². The van der Waals surface area contributed by atoms with Crippen LogP contribution in [0, 0.1) is 0 Å². The molecule has 0 spiro atoms. The SMILES string of the molecule is N/C(=N/O)c1nccc2c1CCCC2. The van der Waals surface area contributed by atoms with Crippen LogP contribution in [0.3, 0.4) is 0 Å². The molecule has 74 valence electrons. The average Bonchev–Trinajstić information content (AvgIpc) is 2.27. The Bertz CT molecular complexity index is 374. The fourth-order valence-corrected chi connectivity index (χ4v) is 1.93. The topological polar surface area (TPSA) is 71.5 Å². The minimum absolute atomic E-state index is 0.115. The van der Waals surface area contributed by atoms with Gasteiger partial charge in [0.15, 0.2) is 5.84 Å². The van der Waals surface area contributed by atoms with E-state index in [1.165, 1.54) is 12.0 Å². The molecule has 0 fully saturated rings. The third kappa shape index (κ3) is 1.43. The molecule has 1 aliphatic carbocycles. The van der Waals surface area contributed by atoms with Crippen molar-refractivity contribution >= 4 is 5.84 Å². The Labute approximate surface area is 82.5 Å². The summed E-state index contributed by atoms with van der Waals surface area (Å²) >= 11 is 0. The van der Waals surface area contributed by atoms with Gasteiger partial charge in [-0.3, -0.25) is 4.98 Å². The zero-order valence-electron chi connectivity index (χ0n) is 7.90. The summed E-state index contributed by atoms with van der Waals surface area (Å²) in [6.45, 7) is 0. The Morgan fingerprint density at radius 1 is 1.43 bits per heavy atom. The summed E-state index contributed by atoms with van der Waals surface area (Å²) in [5, 5.41) is 11.6. The zero-order valence-corrected chi connectivity index (χ0v) is 7.90. The van der Waals surface area contributed by atoms with E-state index in [4.69, 9.17) is 10.9 Å². The molecule has 0 aromatic carbocycles. The first kappa shape index (κ1) is 8.99. The highest BCUT2D eigenvalue weighted by molar-refractivity contribution is 5.96. The molecule has 0 bridgehead atoms. The van der Waals surface area contributed by atoms with Crippen molar-refractivity contribution in [2.75, 3.05) is 0 Å². The summed E-state index contributed by atoms with van der Waals surface area (Å²) in [7, 11) is 0. The molecule has 1 aliphatic rings. The minimum Gasteiger partial charge on any atom is -0.409 e. The van der Waals surface area contributed by atoms with Gasteiger partial charge in [0.2, 0.25) is 0 Å². The summed E-state index contributed by atoms with van der Waals surface area (Å²) in [6, 6.07) is 2.02. The summed E-state index contributed by atoms with van der Waals surface area (Å²) in [5.41, 5.74) is 8.63. The van der Waals surface area contributed by atoms with E-state index in [-0.39, 0.29) is 5.84 Å². The molecule has 0 aliphatic heterocycles. The number of hydrogen-bond acceptors (Lipinski definition) is 3. The van der Waals surface area contributed by atoms with E-state index in [1.807, 2.05) is 6.07 Å². The van der Waals surface area contributed by atoms with E-state index < -0.39 is 0 Å². The fourth-order valence-electron chi connectivity index (χ4n) is 1.93. The quantitative estimate of drug-likeness (QED) is 0.302. The second-order valence-electron chi connectivity index (χ2n) is 3.49. The van der Waals surface area contributed by atoms with E-state index in [1.54, 1.807) is 6.20 Å². The van der Waals surface area contributed by atoms with Crippen LogP contribution in [0.4, 0.5) is 0 Å². The monoisotopic (exact) mass is 191 g/mol. The molecule has 1 aromatic heterocycles. The number of nitrogens with two attached hydrogens (primary N) is 1. The maximum Gasteiger partial charge on any atom is 0.189 e. The van der Waals surface area contributed by atoms with Gasteiger partial charge in [-0.15, -0.1) is 0 Å². The summed E-state index contributed by atoms with van der Waals surface area (Å²) in [6.07, 6.45) is 6.15. The van der Waals surface area contributed by atoms with Crippen LogP contribution < -0.4 is 5.73 Å². The molecular formula is C10H13N3O. The minimum atomic E-state index is 0.115. The van der Waals surface area contributed by atoms with Crippen LogP contribution >= 0.6 is 0 Å². The summed E-state index contributed by atoms with van der Waals surface area (Å²) in [5.74, 6) is 0.115. The lowest BCUT2D eigenvalue weighted by Gasteiger charge is -2.17. The van der Waals surface area contributed by atoms with Gasteiger partial charge in [-0.2, -0.15) is 0 Å². The predicted octanol–water partition coefficient (Wildman–Crippen LogP) is 1.05. The Kier molecular flexibility index (Phi) is 2.35. The van der Waals surface area contributed by atoms with Crippen molar-refractivity contribution in [3.63, 3.8) is 0 Å². The van der Waals surface area contributed by atoms with Crippen molar-refractivity contribution in [3.8, 4) is 0 Å². The lowest BCUT2D eigenvalue weighted by atomic mass is 9.91. The van der Waals surface area contributed by atoms with E-state index >= 15 is 0 Å². The molecule has 0 amide bonds. The molecule has 4 heteroatoms. The highest BCUT2D eigenvalue weighted by atomic mass is 16.4. The highest BCUT2D eigenvalue weighted by Gasteiger charge is 2.15. The van der Waals surface area contributed by atoms with E-state index in [2.05, 4.69) is 10.1 Å². The summed E-state index contributed by atoms with van der Waals surface area (Å²) < 4.78 is 0. The van der Waals surface area contributed by atoms with Crippen LogP contribution in [0.2, 0.25) is 0 Å². The Hall–Kier alpha value is -1.58. The van der Waals surface area contributed by atoms with Crippen molar-refractivity contribution < 1.29 is 5.21 Å². The Balaban J connectivity index is 2.50. The number of aryl methyl sites for hydroxylation is 1. The van der Waals surface area contributed by atoms with Crippen LogP contribution in [0.1, 0.15) is 29.7 Å². The maximum absolute atomic E-state index is 8.61. The lowest BCUT2D eigenvalue weighted by Crippen LogP contribution is -2.20. The van der Waals surface area contributed by atoms with E-state index in [0.29, 0.717) is 5.69 Å². The number of oxime groups is 1. The lowest BCUT2D eigenvalue weighted by molar-refractivity contribution is 0.318. The van der Waals surface area contributed by atoms with Crippen molar-refractivity contribution in [3.05, 3.63) is 29.1 Å². The first-order chi connectivity index (χ1) is 6.83. The number of pyridine rings is 1. The molecular weight excluding hydrogens is 178 g/mol. The van der Waals surface area contributed by atoms with Crippen molar-refractivity contribution in [2.24, 2.45) is 10.9 Å². The van der Waals surface area contributed by atoms with Gasteiger partial charge in [-0.1, -0.05) is 5.16 Å². The number of nitrogens with zero attached hydrogens (tertiary/aromatic N) is 2. The fraction of sp³-hybridized carbons (Fsp3) is 0.400. The van der Waals surface area contributed by atoms with Crippen LogP contribution in [-0.4, -0.2) is 16.0 Å². The molecule has 0 saturated heterocycles. The van der Waals surface area contributed by atoms with E-state index in [0.717, 1.165) is 24.8 Å². The third-order valence-electron chi connectivity index (χ3n) is 2.63. The predicted molar refractivity (Wildman–Crippen MR) is 53.4 cm³/mol. The van der Waals surface area contributed by atoms with Gasteiger partial charge >= 0.3 is 0 Å².